The van der Waals surface area contributed by atoms with Gasteiger partial charge in [0.25, 0.3) is 0 Å². The largest absolute Gasteiger partial charge is 0.335 e. The summed E-state index contributed by atoms with van der Waals surface area (Å²) in [5.74, 6) is 0. The average Bonchev–Trinajstić information content (AvgIpc) is 3.49. The minimum Gasteiger partial charge on any atom is -0.335 e. The monoisotopic (exact) mass is 496 g/mol. The van der Waals surface area contributed by atoms with Crippen molar-refractivity contribution in [1.29, 1.82) is 0 Å². The molecule has 0 aliphatic carbocycles. The van der Waals surface area contributed by atoms with E-state index in [1.807, 2.05) is 27.7 Å². The first-order valence-corrected chi connectivity index (χ1v) is 13.8. The third-order valence-corrected chi connectivity index (χ3v) is 7.04. The van der Waals surface area contributed by atoms with Crippen molar-refractivity contribution in [3.05, 3.63) is 126 Å². The van der Waals surface area contributed by atoms with E-state index in [1.165, 1.54) is 60.4 Å². The third-order valence-electron chi connectivity index (χ3n) is 7.04. The Morgan fingerprint density at radius 1 is 0.500 bits per heavy atom. The van der Waals surface area contributed by atoms with Gasteiger partial charge in [0.2, 0.25) is 0 Å². The number of aromatic nitrogens is 2. The normalized spacial score (nSPS) is 10.9. The molecule has 2 heteroatoms. The molecule has 0 amide bonds. The number of rotatable bonds is 3. The lowest BCUT2D eigenvalue weighted by Crippen LogP contribution is -2.00. The maximum absolute atomic E-state index is 2.51. The maximum atomic E-state index is 2.51. The highest BCUT2D eigenvalue weighted by Gasteiger charge is 2.19. The van der Waals surface area contributed by atoms with E-state index in [0.29, 0.717) is 0 Å². The summed E-state index contributed by atoms with van der Waals surface area (Å²) in [6.07, 6.45) is 0. The summed E-state index contributed by atoms with van der Waals surface area (Å²) in [5, 5.41) is 5.23. The van der Waals surface area contributed by atoms with Crippen LogP contribution in [0.5, 0.6) is 0 Å². The molecule has 0 spiro atoms. The minimum atomic E-state index is 0.842. The summed E-state index contributed by atoms with van der Waals surface area (Å²) < 4.78 is 4.91. The van der Waals surface area contributed by atoms with E-state index in [0.717, 1.165) is 6.54 Å². The number of para-hydroxylation sites is 3. The highest BCUT2D eigenvalue weighted by molar-refractivity contribution is 6.25. The van der Waals surface area contributed by atoms with Gasteiger partial charge in [0.1, 0.15) is 0 Å². The quantitative estimate of drug-likeness (QED) is 0.230. The molecule has 38 heavy (non-hydrogen) atoms. The standard InChI is InChI=1S/C32H24N2.2C2H6/c1-22-15-17-23(18-16-22)21-33-28-13-7-5-11-25(28)26-19-20-30-31(32(26)33)27-12-6-8-14-29(27)34(30)24-9-3-2-4-10-24;2*1-2/h2-20H,21H2,1H3;2*1-2H3. The molecule has 0 bridgehead atoms. The lowest BCUT2D eigenvalue weighted by atomic mass is 10.1. The van der Waals surface area contributed by atoms with Crippen molar-refractivity contribution >= 4 is 43.6 Å². The zero-order chi connectivity index (χ0) is 26.6. The Labute approximate surface area is 225 Å². The summed E-state index contributed by atoms with van der Waals surface area (Å²) >= 11 is 0. The molecule has 190 valence electrons. The van der Waals surface area contributed by atoms with Crippen molar-refractivity contribution in [3.63, 3.8) is 0 Å². The van der Waals surface area contributed by atoms with Crippen molar-refractivity contribution < 1.29 is 0 Å². The number of fused-ring (bicyclic) bond motifs is 7. The van der Waals surface area contributed by atoms with E-state index >= 15 is 0 Å². The summed E-state index contributed by atoms with van der Waals surface area (Å²) in [6.45, 7) is 11.0. The van der Waals surface area contributed by atoms with Gasteiger partial charge in [-0.25, -0.2) is 0 Å². The Balaban J connectivity index is 0.000000704. The molecule has 0 aliphatic rings. The molecule has 0 saturated heterocycles. The van der Waals surface area contributed by atoms with E-state index in [-0.39, 0.29) is 0 Å². The zero-order valence-corrected chi connectivity index (χ0v) is 23.1. The molecule has 0 radical (unpaired) electrons. The Bertz CT molecular complexity index is 1820. The van der Waals surface area contributed by atoms with Crippen LogP contribution in [0.3, 0.4) is 0 Å². The smallest absolute Gasteiger partial charge is 0.0596 e. The topological polar surface area (TPSA) is 9.86 Å². The van der Waals surface area contributed by atoms with Crippen LogP contribution < -0.4 is 0 Å². The fraction of sp³-hybridized carbons (Fsp3) is 0.167. The Kier molecular flexibility index (Phi) is 7.33. The third kappa shape index (κ3) is 4.16. The van der Waals surface area contributed by atoms with Crippen molar-refractivity contribution in [2.24, 2.45) is 0 Å². The molecule has 2 heterocycles. The second-order valence-electron chi connectivity index (χ2n) is 9.13. The van der Waals surface area contributed by atoms with E-state index in [2.05, 4.69) is 131 Å². The molecule has 0 aliphatic heterocycles. The molecule has 0 fully saturated rings. The summed E-state index contributed by atoms with van der Waals surface area (Å²) in [7, 11) is 0. The molecule has 0 N–H and O–H groups in total. The van der Waals surface area contributed by atoms with Gasteiger partial charge >= 0.3 is 0 Å². The Hall–Kier alpha value is -4.30. The fourth-order valence-electron chi connectivity index (χ4n) is 5.49. The first-order chi connectivity index (χ1) is 18.8. The molecule has 0 saturated carbocycles. The van der Waals surface area contributed by atoms with E-state index < -0.39 is 0 Å². The highest BCUT2D eigenvalue weighted by Crippen LogP contribution is 2.40. The van der Waals surface area contributed by atoms with Crippen LogP contribution in [0.4, 0.5) is 0 Å². The molecule has 7 rings (SSSR count). The molecule has 7 aromatic rings. The second-order valence-corrected chi connectivity index (χ2v) is 9.13. The number of hydrogen-bond acceptors (Lipinski definition) is 0. The first-order valence-electron chi connectivity index (χ1n) is 13.8. The van der Waals surface area contributed by atoms with Gasteiger partial charge in [-0.05, 0) is 42.8 Å². The van der Waals surface area contributed by atoms with E-state index in [1.54, 1.807) is 0 Å². The van der Waals surface area contributed by atoms with Crippen LogP contribution in [0.15, 0.2) is 115 Å². The van der Waals surface area contributed by atoms with Gasteiger partial charge < -0.3 is 9.13 Å². The van der Waals surface area contributed by atoms with Crippen molar-refractivity contribution in [2.45, 2.75) is 41.2 Å². The van der Waals surface area contributed by atoms with Gasteiger partial charge in [-0.1, -0.05) is 118 Å². The van der Waals surface area contributed by atoms with Gasteiger partial charge in [-0.15, -0.1) is 0 Å². The zero-order valence-electron chi connectivity index (χ0n) is 23.1. The fourth-order valence-corrected chi connectivity index (χ4v) is 5.49. The predicted octanol–water partition coefficient (Wildman–Crippen LogP) is 10.3. The van der Waals surface area contributed by atoms with Gasteiger partial charge in [0.15, 0.2) is 0 Å². The van der Waals surface area contributed by atoms with Crippen molar-refractivity contribution in [3.8, 4) is 5.69 Å². The molecule has 2 nitrogen and oxygen atoms in total. The molecular formula is C36H36N2. The summed E-state index contributed by atoms with van der Waals surface area (Å²) in [6, 6.07) is 41.8. The number of nitrogens with zero attached hydrogens (tertiary/aromatic N) is 2. The predicted molar refractivity (Wildman–Crippen MR) is 167 cm³/mol. The van der Waals surface area contributed by atoms with Crippen molar-refractivity contribution in [1.82, 2.24) is 9.13 Å². The van der Waals surface area contributed by atoms with Gasteiger partial charge in [-0.3, -0.25) is 0 Å². The summed E-state index contributed by atoms with van der Waals surface area (Å²) in [5.41, 5.74) is 8.87. The number of hydrogen-bond donors (Lipinski definition) is 0. The van der Waals surface area contributed by atoms with Crippen LogP contribution in [0.25, 0.3) is 49.3 Å². The number of aryl methyl sites for hydroxylation is 1. The molecular weight excluding hydrogens is 460 g/mol. The highest BCUT2D eigenvalue weighted by atomic mass is 15.0. The van der Waals surface area contributed by atoms with Crippen LogP contribution in [-0.4, -0.2) is 9.13 Å². The van der Waals surface area contributed by atoms with Crippen LogP contribution in [0, 0.1) is 6.92 Å². The molecule has 5 aromatic carbocycles. The molecule has 0 unspecified atom stereocenters. The first kappa shape index (κ1) is 25.4. The Morgan fingerprint density at radius 2 is 1.11 bits per heavy atom. The lowest BCUT2D eigenvalue weighted by Gasteiger charge is -2.10. The molecule has 2 aromatic heterocycles. The number of benzene rings is 5. The van der Waals surface area contributed by atoms with Gasteiger partial charge in [-0.2, -0.15) is 0 Å². The van der Waals surface area contributed by atoms with Gasteiger partial charge in [0.05, 0.1) is 16.6 Å². The van der Waals surface area contributed by atoms with Crippen LogP contribution in [0.1, 0.15) is 38.8 Å². The van der Waals surface area contributed by atoms with Gasteiger partial charge in [0, 0.05) is 39.3 Å². The lowest BCUT2D eigenvalue weighted by molar-refractivity contribution is 0.871. The molecule has 0 atom stereocenters. The summed E-state index contributed by atoms with van der Waals surface area (Å²) in [4.78, 5) is 0. The maximum Gasteiger partial charge on any atom is 0.0596 e. The van der Waals surface area contributed by atoms with E-state index in [9.17, 15) is 0 Å². The van der Waals surface area contributed by atoms with Crippen LogP contribution >= 0.6 is 0 Å². The van der Waals surface area contributed by atoms with Crippen molar-refractivity contribution in [2.75, 3.05) is 0 Å². The van der Waals surface area contributed by atoms with E-state index in [4.69, 9.17) is 0 Å². The second kappa shape index (κ2) is 11.0. The average molecular weight is 497 g/mol. The Morgan fingerprint density at radius 3 is 1.82 bits per heavy atom. The SMILES string of the molecule is CC.CC.Cc1ccc(Cn2c3ccccc3c3ccc4c(c5ccccc5n4-c4ccccc4)c32)cc1. The van der Waals surface area contributed by atoms with Crippen LogP contribution in [-0.2, 0) is 6.54 Å². The van der Waals surface area contributed by atoms with Crippen LogP contribution in [0.2, 0.25) is 0 Å². The minimum absolute atomic E-state index is 0.842.